The first-order valence-electron chi connectivity index (χ1n) is 11.8. The molecule has 168 valence electrons. The van der Waals surface area contributed by atoms with E-state index in [2.05, 4.69) is 11.0 Å². The third-order valence-electron chi connectivity index (χ3n) is 8.74. The first kappa shape index (κ1) is 20.1. The maximum Gasteiger partial charge on any atom is 0.232 e. The van der Waals surface area contributed by atoms with Crippen LogP contribution in [-0.4, -0.2) is 42.8 Å². The molecule has 6 rings (SSSR count). The summed E-state index contributed by atoms with van der Waals surface area (Å²) in [7, 11) is 1.64. The Hall–Kier alpha value is -2.56. The summed E-state index contributed by atoms with van der Waals surface area (Å²) < 4.78 is 27.2. The molecule has 2 aromatic rings. The van der Waals surface area contributed by atoms with Gasteiger partial charge in [-0.05, 0) is 62.6 Å². The van der Waals surface area contributed by atoms with E-state index in [4.69, 9.17) is 9.47 Å². The van der Waals surface area contributed by atoms with Crippen LogP contribution in [0.1, 0.15) is 49.8 Å². The van der Waals surface area contributed by atoms with Gasteiger partial charge in [-0.3, -0.25) is 4.79 Å². The SMILES string of the molecule is COc1ccc2c3c1O[C@@H]1C(F)CCC4[C@H](C2)N(C(=O)C(C)(C)c2ccccc2)CC[C@]341. The van der Waals surface area contributed by atoms with Crippen molar-refractivity contribution in [1.29, 1.82) is 0 Å². The normalized spacial score (nSPS) is 32.2. The molecular weight excluding hydrogens is 405 g/mol. The summed E-state index contributed by atoms with van der Waals surface area (Å²) >= 11 is 0. The highest BCUT2D eigenvalue weighted by atomic mass is 19.1. The zero-order chi connectivity index (χ0) is 22.3. The van der Waals surface area contributed by atoms with Gasteiger partial charge < -0.3 is 14.4 Å². The highest BCUT2D eigenvalue weighted by Gasteiger charge is 2.67. The van der Waals surface area contributed by atoms with E-state index in [-0.39, 0.29) is 23.3 Å². The highest BCUT2D eigenvalue weighted by Crippen LogP contribution is 2.64. The molecule has 0 aromatic heterocycles. The molecule has 1 amide bonds. The molecule has 2 aromatic carbocycles. The molecule has 2 aliphatic heterocycles. The quantitative estimate of drug-likeness (QED) is 0.709. The van der Waals surface area contributed by atoms with Gasteiger partial charge in [0.2, 0.25) is 5.91 Å². The van der Waals surface area contributed by atoms with Crippen molar-refractivity contribution in [1.82, 2.24) is 4.90 Å². The number of alkyl halides is 1. The largest absolute Gasteiger partial charge is 0.493 e. The second kappa shape index (κ2) is 6.72. The highest BCUT2D eigenvalue weighted by molar-refractivity contribution is 5.88. The molecule has 32 heavy (non-hydrogen) atoms. The molecule has 5 heteroatoms. The number of benzene rings is 2. The molecule has 2 fully saturated rings. The monoisotopic (exact) mass is 435 g/mol. The number of methoxy groups -OCH3 is 1. The van der Waals surface area contributed by atoms with E-state index >= 15 is 4.39 Å². The minimum atomic E-state index is -0.988. The van der Waals surface area contributed by atoms with E-state index < -0.39 is 17.7 Å². The maximum atomic E-state index is 15.3. The second-order valence-corrected chi connectivity index (χ2v) is 10.4. The number of carbonyl (C=O) groups is 1. The molecule has 2 unspecified atom stereocenters. The fraction of sp³-hybridized carbons (Fsp3) is 0.519. The van der Waals surface area contributed by atoms with Gasteiger partial charge >= 0.3 is 0 Å². The third kappa shape index (κ3) is 2.40. The van der Waals surface area contributed by atoms with Gasteiger partial charge in [0.05, 0.1) is 12.5 Å². The van der Waals surface area contributed by atoms with E-state index in [0.717, 1.165) is 30.6 Å². The van der Waals surface area contributed by atoms with Crippen LogP contribution in [0.2, 0.25) is 0 Å². The van der Waals surface area contributed by atoms with Crippen molar-refractivity contribution < 1.29 is 18.7 Å². The zero-order valence-electron chi connectivity index (χ0n) is 18.9. The molecule has 2 bridgehead atoms. The standard InChI is InChI=1S/C27H30FNO3/c1-26(2,17-7-5-4-6-8-17)25(30)29-14-13-27-18-10-11-19(28)24(27)32-23-21(31-3)12-9-16(22(23)27)15-20(18)29/h4-9,12,18-20,24H,10-11,13-15H2,1-3H3/t18?,19?,20-,24+,27+/m0/s1. The average Bonchev–Trinajstić information content (AvgIpc) is 3.15. The van der Waals surface area contributed by atoms with Crippen LogP contribution in [0.15, 0.2) is 42.5 Å². The molecule has 5 atom stereocenters. The third-order valence-corrected chi connectivity index (χ3v) is 8.74. The van der Waals surface area contributed by atoms with E-state index in [0.29, 0.717) is 18.7 Å². The van der Waals surface area contributed by atoms with Crippen molar-refractivity contribution in [3.63, 3.8) is 0 Å². The van der Waals surface area contributed by atoms with E-state index in [9.17, 15) is 4.79 Å². The molecule has 1 spiro atoms. The molecule has 2 heterocycles. The van der Waals surface area contributed by atoms with E-state index in [1.807, 2.05) is 50.2 Å². The number of carbonyl (C=O) groups excluding carboxylic acids is 1. The summed E-state index contributed by atoms with van der Waals surface area (Å²) in [4.78, 5) is 16.1. The fourth-order valence-electron chi connectivity index (χ4n) is 7.22. The number of nitrogens with zero attached hydrogens (tertiary/aromatic N) is 1. The Morgan fingerprint density at radius 3 is 2.72 bits per heavy atom. The number of hydrogen-bond acceptors (Lipinski definition) is 3. The van der Waals surface area contributed by atoms with Gasteiger partial charge in [-0.15, -0.1) is 0 Å². The molecule has 0 N–H and O–H groups in total. The Morgan fingerprint density at radius 1 is 1.19 bits per heavy atom. The molecule has 1 saturated heterocycles. The van der Waals surface area contributed by atoms with Crippen LogP contribution in [-0.2, 0) is 22.0 Å². The summed E-state index contributed by atoms with van der Waals surface area (Å²) in [6.45, 7) is 4.68. The predicted octanol–water partition coefficient (Wildman–Crippen LogP) is 4.58. The molecule has 4 nitrogen and oxygen atoms in total. The minimum absolute atomic E-state index is 0.0738. The van der Waals surface area contributed by atoms with Crippen LogP contribution < -0.4 is 9.47 Å². The van der Waals surface area contributed by atoms with Crippen molar-refractivity contribution in [2.45, 2.75) is 68.7 Å². The van der Waals surface area contributed by atoms with Crippen molar-refractivity contribution in [3.05, 3.63) is 59.2 Å². The van der Waals surface area contributed by atoms with Gasteiger partial charge in [0.1, 0.15) is 12.3 Å². The summed E-state index contributed by atoms with van der Waals surface area (Å²) in [5.74, 6) is 1.82. The van der Waals surface area contributed by atoms with Crippen molar-refractivity contribution in [2.75, 3.05) is 13.7 Å². The van der Waals surface area contributed by atoms with Gasteiger partial charge in [-0.1, -0.05) is 36.4 Å². The Balaban J connectivity index is 1.44. The van der Waals surface area contributed by atoms with Crippen molar-refractivity contribution in [2.24, 2.45) is 5.92 Å². The number of amides is 1. The Labute approximate surface area is 188 Å². The fourth-order valence-corrected chi connectivity index (χ4v) is 7.22. The lowest BCUT2D eigenvalue weighted by Gasteiger charge is -2.59. The van der Waals surface area contributed by atoms with Crippen LogP contribution in [0.3, 0.4) is 0 Å². The van der Waals surface area contributed by atoms with Gasteiger partial charge in [0.25, 0.3) is 0 Å². The molecule has 4 aliphatic rings. The van der Waals surface area contributed by atoms with Crippen molar-refractivity contribution >= 4 is 5.91 Å². The summed E-state index contributed by atoms with van der Waals surface area (Å²) in [6.07, 6.45) is 1.35. The lowest BCUT2D eigenvalue weighted by atomic mass is 9.51. The summed E-state index contributed by atoms with van der Waals surface area (Å²) in [5, 5.41) is 0. The Kier molecular flexibility index (Phi) is 4.22. The molecule has 1 saturated carbocycles. The number of rotatable bonds is 3. The summed E-state index contributed by atoms with van der Waals surface area (Å²) in [6, 6.07) is 14.1. The average molecular weight is 436 g/mol. The molecular formula is C27H30FNO3. The number of likely N-dealkylation sites (tertiary alicyclic amines) is 1. The van der Waals surface area contributed by atoms with Crippen LogP contribution >= 0.6 is 0 Å². The lowest BCUT2D eigenvalue weighted by molar-refractivity contribution is -0.150. The Morgan fingerprint density at radius 2 is 1.97 bits per heavy atom. The number of halogens is 1. The molecule has 0 radical (unpaired) electrons. The van der Waals surface area contributed by atoms with E-state index in [1.54, 1.807) is 7.11 Å². The second-order valence-electron chi connectivity index (χ2n) is 10.4. The zero-order valence-corrected chi connectivity index (χ0v) is 18.9. The van der Waals surface area contributed by atoms with Gasteiger partial charge in [0.15, 0.2) is 11.5 Å². The summed E-state index contributed by atoms with van der Waals surface area (Å²) in [5.41, 5.74) is 2.42. The Bertz CT molecular complexity index is 1080. The first-order valence-corrected chi connectivity index (χ1v) is 11.8. The predicted molar refractivity (Wildman–Crippen MR) is 120 cm³/mol. The maximum absolute atomic E-state index is 15.3. The van der Waals surface area contributed by atoms with Gasteiger partial charge in [-0.25, -0.2) is 4.39 Å². The number of piperidine rings is 1. The van der Waals surface area contributed by atoms with Crippen LogP contribution in [0, 0.1) is 5.92 Å². The van der Waals surface area contributed by atoms with Crippen LogP contribution in [0.25, 0.3) is 0 Å². The molecule has 2 aliphatic carbocycles. The van der Waals surface area contributed by atoms with Crippen LogP contribution in [0.4, 0.5) is 4.39 Å². The van der Waals surface area contributed by atoms with Gasteiger partial charge in [0, 0.05) is 23.6 Å². The van der Waals surface area contributed by atoms with Crippen LogP contribution in [0.5, 0.6) is 11.5 Å². The first-order chi connectivity index (χ1) is 15.4. The van der Waals surface area contributed by atoms with Gasteiger partial charge in [-0.2, -0.15) is 0 Å². The van der Waals surface area contributed by atoms with Crippen molar-refractivity contribution in [3.8, 4) is 11.5 Å². The number of ether oxygens (including phenoxy) is 2. The van der Waals surface area contributed by atoms with E-state index in [1.165, 1.54) is 11.1 Å². The number of hydrogen-bond donors (Lipinski definition) is 0. The minimum Gasteiger partial charge on any atom is -0.493 e. The topological polar surface area (TPSA) is 38.8 Å². The lowest BCUT2D eigenvalue weighted by Crippen LogP contribution is -2.68. The smallest absolute Gasteiger partial charge is 0.232 e.